The van der Waals surface area contributed by atoms with Gasteiger partial charge in [-0.05, 0) is 17.7 Å². The van der Waals surface area contributed by atoms with Crippen molar-refractivity contribution in [1.82, 2.24) is 4.72 Å². The molecule has 0 bridgehead atoms. The molecule has 0 aliphatic carbocycles. The van der Waals surface area contributed by atoms with Crippen LogP contribution in [0.25, 0.3) is 0 Å². The van der Waals surface area contributed by atoms with Crippen molar-refractivity contribution in [1.29, 1.82) is 0 Å². The highest BCUT2D eigenvalue weighted by Crippen LogP contribution is 2.31. The van der Waals surface area contributed by atoms with Gasteiger partial charge in [0.2, 0.25) is 15.9 Å². The number of aliphatic hydroxyl groups is 1. The highest BCUT2D eigenvalue weighted by molar-refractivity contribution is 7.89. The highest BCUT2D eigenvalue weighted by atomic mass is 35.5. The molecule has 1 aliphatic rings. The average molecular weight is 291 g/mol. The van der Waals surface area contributed by atoms with Crippen molar-refractivity contribution in [3.8, 4) is 0 Å². The standard InChI is InChI=1S/C10H11ClN2O4S/c11-7-5-8-6(4-10(15)13-8)3-9(7)18(16,17)12-1-2-14/h3,5,12,14H,1-2,4H2,(H,13,15). The third-order valence-electron chi connectivity index (χ3n) is 2.48. The van der Waals surface area contributed by atoms with E-state index in [0.717, 1.165) is 0 Å². The molecule has 0 saturated heterocycles. The van der Waals surface area contributed by atoms with E-state index in [4.69, 9.17) is 16.7 Å². The second-order valence-electron chi connectivity index (χ2n) is 3.79. The molecule has 0 saturated carbocycles. The molecule has 18 heavy (non-hydrogen) atoms. The quantitative estimate of drug-likeness (QED) is 0.733. The number of benzene rings is 1. The van der Waals surface area contributed by atoms with Gasteiger partial charge < -0.3 is 10.4 Å². The largest absolute Gasteiger partial charge is 0.395 e. The van der Waals surface area contributed by atoms with Crippen molar-refractivity contribution in [2.45, 2.75) is 11.3 Å². The fraction of sp³-hybridized carbons (Fsp3) is 0.300. The van der Waals surface area contributed by atoms with Crippen LogP contribution in [-0.2, 0) is 21.2 Å². The number of aliphatic hydroxyl groups excluding tert-OH is 1. The minimum absolute atomic E-state index is 0.0291. The SMILES string of the molecule is O=C1Cc2cc(S(=O)(=O)NCCO)c(Cl)cc2N1. The van der Waals surface area contributed by atoms with Gasteiger partial charge in [0, 0.05) is 12.2 Å². The van der Waals surface area contributed by atoms with E-state index in [-0.39, 0.29) is 35.4 Å². The fourth-order valence-electron chi connectivity index (χ4n) is 1.69. The summed E-state index contributed by atoms with van der Waals surface area (Å²) in [6.45, 7) is -0.394. The third-order valence-corrected chi connectivity index (χ3v) is 4.40. The zero-order valence-electron chi connectivity index (χ0n) is 9.23. The molecule has 0 aromatic heterocycles. The van der Waals surface area contributed by atoms with E-state index < -0.39 is 10.0 Å². The third kappa shape index (κ3) is 2.49. The molecule has 8 heteroatoms. The van der Waals surface area contributed by atoms with E-state index in [0.29, 0.717) is 11.3 Å². The molecule has 2 rings (SSSR count). The normalized spacial score (nSPS) is 14.4. The lowest BCUT2D eigenvalue weighted by atomic mass is 10.2. The first-order chi connectivity index (χ1) is 8.44. The van der Waals surface area contributed by atoms with Crippen LogP contribution < -0.4 is 10.0 Å². The zero-order valence-corrected chi connectivity index (χ0v) is 10.8. The summed E-state index contributed by atoms with van der Waals surface area (Å²) in [6.07, 6.45) is 0.134. The second kappa shape index (κ2) is 4.85. The van der Waals surface area contributed by atoms with Gasteiger partial charge in [-0.3, -0.25) is 4.79 Å². The lowest BCUT2D eigenvalue weighted by molar-refractivity contribution is -0.115. The van der Waals surface area contributed by atoms with Gasteiger partial charge in [0.15, 0.2) is 0 Å². The Morgan fingerprint density at radius 3 is 2.83 bits per heavy atom. The summed E-state index contributed by atoms with van der Waals surface area (Å²) < 4.78 is 26.0. The molecule has 98 valence electrons. The molecule has 0 spiro atoms. The highest BCUT2D eigenvalue weighted by Gasteiger charge is 2.24. The van der Waals surface area contributed by atoms with Gasteiger partial charge >= 0.3 is 0 Å². The van der Waals surface area contributed by atoms with Crippen LogP contribution in [0.4, 0.5) is 5.69 Å². The number of anilines is 1. The predicted molar refractivity (Wildman–Crippen MR) is 66.1 cm³/mol. The lowest BCUT2D eigenvalue weighted by Crippen LogP contribution is -2.27. The number of amides is 1. The Morgan fingerprint density at radius 1 is 1.44 bits per heavy atom. The molecule has 1 aromatic rings. The first-order valence-electron chi connectivity index (χ1n) is 5.17. The van der Waals surface area contributed by atoms with E-state index >= 15 is 0 Å². The van der Waals surface area contributed by atoms with Crippen molar-refractivity contribution >= 4 is 33.2 Å². The number of rotatable bonds is 4. The van der Waals surface area contributed by atoms with Gasteiger partial charge in [0.05, 0.1) is 18.1 Å². The van der Waals surface area contributed by atoms with E-state index in [1.165, 1.54) is 12.1 Å². The van der Waals surface area contributed by atoms with Crippen LogP contribution in [0.2, 0.25) is 5.02 Å². The van der Waals surface area contributed by atoms with Crippen LogP contribution in [0, 0.1) is 0 Å². The number of hydrogen-bond acceptors (Lipinski definition) is 4. The molecule has 0 unspecified atom stereocenters. The number of carbonyl (C=O) groups is 1. The monoisotopic (exact) mass is 290 g/mol. The van der Waals surface area contributed by atoms with Crippen molar-refractivity contribution < 1.29 is 18.3 Å². The zero-order chi connectivity index (χ0) is 13.3. The summed E-state index contributed by atoms with van der Waals surface area (Å²) in [5, 5.41) is 11.2. The average Bonchev–Trinajstić information content (AvgIpc) is 2.64. The van der Waals surface area contributed by atoms with Gasteiger partial charge in [0.1, 0.15) is 4.90 Å². The summed E-state index contributed by atoms with van der Waals surface area (Å²) in [6, 6.07) is 2.78. The lowest BCUT2D eigenvalue weighted by Gasteiger charge is -2.09. The Hall–Kier alpha value is -1.15. The maximum Gasteiger partial charge on any atom is 0.242 e. The second-order valence-corrected chi connectivity index (χ2v) is 5.93. The summed E-state index contributed by atoms with van der Waals surface area (Å²) in [7, 11) is -3.77. The molecule has 0 atom stereocenters. The Balaban J connectivity index is 2.41. The molecule has 1 aliphatic heterocycles. The smallest absolute Gasteiger partial charge is 0.242 e. The van der Waals surface area contributed by atoms with Crippen LogP contribution >= 0.6 is 11.6 Å². The van der Waals surface area contributed by atoms with E-state index in [2.05, 4.69) is 10.0 Å². The van der Waals surface area contributed by atoms with Gasteiger partial charge in [-0.15, -0.1) is 0 Å². The number of halogens is 1. The number of carbonyl (C=O) groups excluding carboxylic acids is 1. The summed E-state index contributed by atoms with van der Waals surface area (Å²) in [4.78, 5) is 11.1. The molecular weight excluding hydrogens is 280 g/mol. The van der Waals surface area contributed by atoms with Crippen molar-refractivity contribution in [3.05, 3.63) is 22.7 Å². The topological polar surface area (TPSA) is 95.5 Å². The Kier molecular flexibility index (Phi) is 3.58. The molecule has 1 amide bonds. The van der Waals surface area contributed by atoms with E-state index in [9.17, 15) is 13.2 Å². The van der Waals surface area contributed by atoms with E-state index in [1.54, 1.807) is 0 Å². The van der Waals surface area contributed by atoms with Crippen LogP contribution in [0.15, 0.2) is 17.0 Å². The first kappa shape index (κ1) is 13.3. The number of hydrogen-bond donors (Lipinski definition) is 3. The van der Waals surface area contributed by atoms with Gasteiger partial charge in [-0.2, -0.15) is 0 Å². The Morgan fingerprint density at radius 2 is 2.17 bits per heavy atom. The van der Waals surface area contributed by atoms with Crippen LogP contribution in [0.1, 0.15) is 5.56 Å². The Bertz CT molecular complexity index is 600. The molecule has 1 aromatic carbocycles. The van der Waals surface area contributed by atoms with Gasteiger partial charge in [-0.25, -0.2) is 13.1 Å². The molecule has 0 radical (unpaired) electrons. The van der Waals surface area contributed by atoms with Crippen molar-refractivity contribution in [3.63, 3.8) is 0 Å². The molecular formula is C10H11ClN2O4S. The van der Waals surface area contributed by atoms with Gasteiger partial charge in [0.25, 0.3) is 0 Å². The summed E-state index contributed by atoms with van der Waals surface area (Å²) >= 11 is 5.89. The molecule has 6 nitrogen and oxygen atoms in total. The van der Waals surface area contributed by atoms with E-state index in [1.807, 2.05) is 0 Å². The maximum atomic E-state index is 11.9. The number of nitrogens with one attached hydrogen (secondary N) is 2. The van der Waals surface area contributed by atoms with Crippen LogP contribution in [-0.4, -0.2) is 32.6 Å². The number of sulfonamides is 1. The minimum Gasteiger partial charge on any atom is -0.395 e. The maximum absolute atomic E-state index is 11.9. The molecule has 1 heterocycles. The Labute approximate surface area is 109 Å². The number of fused-ring (bicyclic) bond motifs is 1. The van der Waals surface area contributed by atoms with Gasteiger partial charge in [-0.1, -0.05) is 11.6 Å². The van der Waals surface area contributed by atoms with Crippen molar-refractivity contribution in [2.24, 2.45) is 0 Å². The van der Waals surface area contributed by atoms with Crippen LogP contribution in [0.5, 0.6) is 0 Å². The molecule has 3 N–H and O–H groups in total. The van der Waals surface area contributed by atoms with Crippen LogP contribution in [0.3, 0.4) is 0 Å². The summed E-state index contributed by atoms with van der Waals surface area (Å²) in [5.41, 5.74) is 1.12. The predicted octanol–water partition coefficient (Wildman–Crippen LogP) is 0.105. The molecule has 0 fully saturated rings. The minimum atomic E-state index is -3.77. The first-order valence-corrected chi connectivity index (χ1v) is 7.03. The summed E-state index contributed by atoms with van der Waals surface area (Å²) in [5.74, 6) is -0.195. The van der Waals surface area contributed by atoms with Crippen molar-refractivity contribution in [2.75, 3.05) is 18.5 Å². The fourth-order valence-corrected chi connectivity index (χ4v) is 3.29.